The molecule has 1 N–H and O–H groups in total. The summed E-state index contributed by atoms with van der Waals surface area (Å²) in [5, 5.41) is 3.36. The van der Waals surface area contributed by atoms with Crippen molar-refractivity contribution in [1.29, 1.82) is 0 Å². The van der Waals surface area contributed by atoms with Crippen LogP contribution in [0.3, 0.4) is 0 Å². The molecule has 0 aromatic heterocycles. The van der Waals surface area contributed by atoms with E-state index < -0.39 is 35.7 Å². The summed E-state index contributed by atoms with van der Waals surface area (Å²) in [7, 11) is 1.27. The molecule has 33 heavy (non-hydrogen) atoms. The molecule has 2 aromatic rings. The number of esters is 1. The van der Waals surface area contributed by atoms with E-state index in [1.54, 1.807) is 45.0 Å². The molecule has 0 radical (unpaired) electrons. The lowest BCUT2D eigenvalue weighted by Gasteiger charge is -2.37. The first-order valence-electron chi connectivity index (χ1n) is 10.8. The van der Waals surface area contributed by atoms with Gasteiger partial charge in [-0.1, -0.05) is 48.0 Å². The number of halogens is 1. The number of rotatable bonds is 5. The van der Waals surface area contributed by atoms with Gasteiger partial charge in [-0.3, -0.25) is 9.69 Å². The highest BCUT2D eigenvalue weighted by Crippen LogP contribution is 2.26. The Labute approximate surface area is 199 Å². The molecule has 0 aliphatic carbocycles. The molecular weight excluding hydrogens is 444 g/mol. The molecule has 1 aliphatic rings. The number of nitrogens with one attached hydrogen (secondary N) is 1. The SMILES string of the molecule is COC(=O)C(Cc1ccc(Cl)cc1)NC(=O)C1Cc2ccccc2CN1C(=O)OC(C)(C)C. The minimum Gasteiger partial charge on any atom is -0.467 e. The van der Waals surface area contributed by atoms with Crippen LogP contribution in [0.4, 0.5) is 4.79 Å². The molecule has 1 heterocycles. The van der Waals surface area contributed by atoms with Gasteiger partial charge >= 0.3 is 12.1 Å². The number of carbonyl (C=O) groups is 3. The van der Waals surface area contributed by atoms with Crippen molar-refractivity contribution in [1.82, 2.24) is 10.2 Å². The number of methoxy groups -OCH3 is 1. The summed E-state index contributed by atoms with van der Waals surface area (Å²) < 4.78 is 10.5. The number of ether oxygens (including phenoxy) is 2. The average molecular weight is 473 g/mol. The zero-order valence-corrected chi connectivity index (χ0v) is 20.0. The molecular formula is C25H29ClN2O5. The maximum Gasteiger partial charge on any atom is 0.411 e. The van der Waals surface area contributed by atoms with Crippen LogP contribution in [-0.4, -0.2) is 47.7 Å². The Morgan fingerprint density at radius 2 is 1.73 bits per heavy atom. The maximum absolute atomic E-state index is 13.4. The van der Waals surface area contributed by atoms with E-state index in [-0.39, 0.29) is 13.0 Å². The third kappa shape index (κ3) is 6.48. The molecule has 0 fully saturated rings. The summed E-state index contributed by atoms with van der Waals surface area (Å²) in [5.41, 5.74) is 2.04. The van der Waals surface area contributed by atoms with Gasteiger partial charge in [-0.05, 0) is 49.6 Å². The van der Waals surface area contributed by atoms with Gasteiger partial charge in [0.1, 0.15) is 17.7 Å². The predicted molar refractivity (Wildman–Crippen MR) is 125 cm³/mol. The molecule has 3 rings (SSSR count). The van der Waals surface area contributed by atoms with Gasteiger partial charge in [0.15, 0.2) is 0 Å². The molecule has 2 unspecified atom stereocenters. The summed E-state index contributed by atoms with van der Waals surface area (Å²) >= 11 is 5.95. The third-order valence-corrected chi connectivity index (χ3v) is 5.59. The van der Waals surface area contributed by atoms with E-state index >= 15 is 0 Å². The van der Waals surface area contributed by atoms with E-state index in [9.17, 15) is 14.4 Å². The van der Waals surface area contributed by atoms with Gasteiger partial charge in [0.25, 0.3) is 0 Å². The van der Waals surface area contributed by atoms with Crippen LogP contribution in [0.15, 0.2) is 48.5 Å². The highest BCUT2D eigenvalue weighted by molar-refractivity contribution is 6.30. The minimum absolute atomic E-state index is 0.228. The third-order valence-electron chi connectivity index (χ3n) is 5.33. The first kappa shape index (κ1) is 24.6. The molecule has 2 aromatic carbocycles. The molecule has 1 aliphatic heterocycles. The van der Waals surface area contributed by atoms with E-state index in [0.717, 1.165) is 16.7 Å². The van der Waals surface area contributed by atoms with Crippen molar-refractivity contribution in [3.63, 3.8) is 0 Å². The monoisotopic (exact) mass is 472 g/mol. The Kier molecular flexibility index (Phi) is 7.64. The Balaban J connectivity index is 1.84. The summed E-state index contributed by atoms with van der Waals surface area (Å²) in [4.78, 5) is 40.2. The fraction of sp³-hybridized carbons (Fsp3) is 0.400. The van der Waals surface area contributed by atoms with Gasteiger partial charge in [-0.2, -0.15) is 0 Å². The number of hydrogen-bond donors (Lipinski definition) is 1. The number of carbonyl (C=O) groups excluding carboxylic acids is 3. The van der Waals surface area contributed by atoms with Crippen molar-refractivity contribution < 1.29 is 23.9 Å². The van der Waals surface area contributed by atoms with Gasteiger partial charge in [0, 0.05) is 17.9 Å². The minimum atomic E-state index is -0.915. The van der Waals surface area contributed by atoms with Gasteiger partial charge in [-0.15, -0.1) is 0 Å². The topological polar surface area (TPSA) is 84.9 Å². The molecule has 2 amide bonds. The van der Waals surface area contributed by atoms with Gasteiger partial charge in [-0.25, -0.2) is 9.59 Å². The standard InChI is InChI=1S/C25H29ClN2O5/c1-25(2,3)33-24(31)28-15-18-8-6-5-7-17(18)14-21(28)22(29)27-20(23(30)32-4)13-16-9-11-19(26)12-10-16/h5-12,20-21H,13-15H2,1-4H3,(H,27,29). The van der Waals surface area contributed by atoms with Crippen molar-refractivity contribution in [2.75, 3.05) is 7.11 Å². The lowest BCUT2D eigenvalue weighted by molar-refractivity contribution is -0.145. The summed E-state index contributed by atoms with van der Waals surface area (Å²) in [5.74, 6) is -1.02. The van der Waals surface area contributed by atoms with Gasteiger partial charge in [0.2, 0.25) is 5.91 Å². The molecule has 2 atom stereocenters. The van der Waals surface area contributed by atoms with Crippen LogP contribution in [0, 0.1) is 0 Å². The van der Waals surface area contributed by atoms with E-state index in [0.29, 0.717) is 11.4 Å². The number of benzene rings is 2. The maximum atomic E-state index is 13.4. The first-order chi connectivity index (χ1) is 15.6. The van der Waals surface area contributed by atoms with Crippen LogP contribution in [0.5, 0.6) is 0 Å². The van der Waals surface area contributed by atoms with Crippen molar-refractivity contribution >= 4 is 29.6 Å². The van der Waals surface area contributed by atoms with E-state index in [4.69, 9.17) is 21.1 Å². The van der Waals surface area contributed by atoms with Crippen molar-refractivity contribution in [2.45, 2.75) is 57.8 Å². The Morgan fingerprint density at radius 3 is 2.33 bits per heavy atom. The lowest BCUT2D eigenvalue weighted by Crippen LogP contribution is -2.56. The lowest BCUT2D eigenvalue weighted by atomic mass is 9.93. The first-order valence-corrected chi connectivity index (χ1v) is 11.1. The Morgan fingerprint density at radius 1 is 1.09 bits per heavy atom. The zero-order valence-electron chi connectivity index (χ0n) is 19.3. The van der Waals surface area contributed by atoms with E-state index in [1.807, 2.05) is 24.3 Å². The summed E-state index contributed by atoms with van der Waals surface area (Å²) in [6, 6.07) is 12.9. The molecule has 0 saturated heterocycles. The molecule has 0 spiro atoms. The number of fused-ring (bicyclic) bond motifs is 1. The second-order valence-electron chi connectivity index (χ2n) is 9.01. The summed E-state index contributed by atoms with van der Waals surface area (Å²) in [6.45, 7) is 5.56. The van der Waals surface area contributed by atoms with Crippen molar-refractivity contribution in [3.05, 3.63) is 70.2 Å². The molecule has 7 nitrogen and oxygen atoms in total. The van der Waals surface area contributed by atoms with E-state index in [1.165, 1.54) is 12.0 Å². The van der Waals surface area contributed by atoms with Crippen LogP contribution in [-0.2, 0) is 38.4 Å². The van der Waals surface area contributed by atoms with Crippen molar-refractivity contribution in [2.24, 2.45) is 0 Å². The highest BCUT2D eigenvalue weighted by atomic mass is 35.5. The number of nitrogens with zero attached hydrogens (tertiary/aromatic N) is 1. The van der Waals surface area contributed by atoms with Crippen molar-refractivity contribution in [3.8, 4) is 0 Å². The highest BCUT2D eigenvalue weighted by Gasteiger charge is 2.38. The molecule has 0 saturated carbocycles. The fourth-order valence-corrected chi connectivity index (χ4v) is 3.86. The van der Waals surface area contributed by atoms with Crippen LogP contribution < -0.4 is 5.32 Å². The second kappa shape index (κ2) is 10.3. The number of amides is 2. The molecule has 8 heteroatoms. The van der Waals surface area contributed by atoms with Crippen LogP contribution in [0.2, 0.25) is 5.02 Å². The molecule has 176 valence electrons. The largest absolute Gasteiger partial charge is 0.467 e. The van der Waals surface area contributed by atoms with Crippen LogP contribution in [0.25, 0.3) is 0 Å². The Hall–Kier alpha value is -3.06. The average Bonchev–Trinajstić information content (AvgIpc) is 2.77. The quantitative estimate of drug-likeness (QED) is 0.667. The smallest absolute Gasteiger partial charge is 0.411 e. The fourth-order valence-electron chi connectivity index (χ4n) is 3.73. The van der Waals surface area contributed by atoms with Gasteiger partial charge in [0.05, 0.1) is 13.7 Å². The molecule has 0 bridgehead atoms. The van der Waals surface area contributed by atoms with Gasteiger partial charge < -0.3 is 14.8 Å². The number of hydrogen-bond acceptors (Lipinski definition) is 5. The van der Waals surface area contributed by atoms with E-state index in [2.05, 4.69) is 5.32 Å². The Bertz CT molecular complexity index is 1020. The van der Waals surface area contributed by atoms with Crippen LogP contribution >= 0.6 is 11.6 Å². The second-order valence-corrected chi connectivity index (χ2v) is 9.45. The zero-order chi connectivity index (χ0) is 24.2. The normalized spacial score (nSPS) is 16.4. The summed E-state index contributed by atoms with van der Waals surface area (Å²) in [6.07, 6.45) is -0.0361. The predicted octanol–water partition coefficient (Wildman–Crippen LogP) is 3.90. The van der Waals surface area contributed by atoms with Crippen LogP contribution in [0.1, 0.15) is 37.5 Å².